The SMILES string of the molecule is CCCCCCCCCCCCC/C=C/[C@@H](O)[C@H](CO[C@H]1O[C@H](CO)[C@@H](O[C@]2(C(=O)O)CC(O)[C@H](C)[C@H]([C@H](O)[C@H](O)CO)O2)C(O)C1O)NC(=O)CCCCCCCCCCCCCCCCC. The van der Waals surface area contributed by atoms with Crippen LogP contribution in [0, 0.1) is 5.92 Å². The number of nitrogens with one attached hydrogen (secondary N) is 1. The van der Waals surface area contributed by atoms with E-state index in [0.717, 1.165) is 44.9 Å². The Bertz CT molecular complexity index is 1310. The number of aliphatic hydroxyl groups is 8. The molecule has 0 aromatic carbocycles. The van der Waals surface area contributed by atoms with Gasteiger partial charge in [0.05, 0.1) is 44.2 Å². The van der Waals surface area contributed by atoms with E-state index in [2.05, 4.69) is 19.2 Å². The maximum atomic E-state index is 13.2. The summed E-state index contributed by atoms with van der Waals surface area (Å²) in [6.45, 7) is 3.79. The van der Waals surface area contributed by atoms with Gasteiger partial charge in [-0.05, 0) is 19.3 Å². The third-order valence-electron chi connectivity index (χ3n) is 13.8. The predicted molar refractivity (Wildman–Crippen MR) is 260 cm³/mol. The molecule has 10 N–H and O–H groups in total. The first kappa shape index (κ1) is 62.3. The Morgan fingerprint density at radius 2 is 1.21 bits per heavy atom. The zero-order valence-corrected chi connectivity index (χ0v) is 42.2. The summed E-state index contributed by atoms with van der Waals surface area (Å²) in [6, 6.07) is -0.978. The summed E-state index contributed by atoms with van der Waals surface area (Å²) in [5, 5.41) is 98.3. The Balaban J connectivity index is 1.99. The quantitative estimate of drug-likeness (QED) is 0.0232. The molecule has 16 nitrogen and oxygen atoms in total. The van der Waals surface area contributed by atoms with Gasteiger partial charge in [0.1, 0.15) is 36.6 Å². The molecule has 2 heterocycles. The van der Waals surface area contributed by atoms with Crippen LogP contribution < -0.4 is 5.32 Å². The summed E-state index contributed by atoms with van der Waals surface area (Å²) in [4.78, 5) is 25.9. The summed E-state index contributed by atoms with van der Waals surface area (Å²) < 4.78 is 23.1. The lowest BCUT2D eigenvalue weighted by Crippen LogP contribution is -2.67. The van der Waals surface area contributed by atoms with Gasteiger partial charge in [0.2, 0.25) is 5.91 Å². The van der Waals surface area contributed by atoms with Gasteiger partial charge in [-0.25, -0.2) is 4.79 Å². The van der Waals surface area contributed by atoms with Crippen LogP contribution in [0.3, 0.4) is 0 Å². The third-order valence-corrected chi connectivity index (χ3v) is 13.8. The number of unbranched alkanes of at least 4 members (excludes halogenated alkanes) is 25. The largest absolute Gasteiger partial charge is 0.477 e. The molecule has 2 rings (SSSR count). The minimum absolute atomic E-state index is 0.245. The fourth-order valence-corrected chi connectivity index (χ4v) is 9.24. The van der Waals surface area contributed by atoms with Crippen LogP contribution in [0.4, 0.5) is 0 Å². The highest BCUT2D eigenvalue weighted by atomic mass is 16.8. The molecule has 0 aromatic heterocycles. The van der Waals surface area contributed by atoms with Crippen molar-refractivity contribution in [2.75, 3.05) is 19.8 Å². The van der Waals surface area contributed by atoms with Crippen molar-refractivity contribution in [3.05, 3.63) is 12.2 Å². The van der Waals surface area contributed by atoms with Crippen molar-refractivity contribution in [2.24, 2.45) is 5.92 Å². The minimum atomic E-state index is -2.76. The molecule has 1 amide bonds. The number of carboxylic acids is 1. The molecule has 2 saturated heterocycles. The summed E-state index contributed by atoms with van der Waals surface area (Å²) in [5.74, 6) is -5.74. The predicted octanol–water partition coefficient (Wildman–Crippen LogP) is 6.47. The lowest BCUT2D eigenvalue weighted by molar-refractivity contribution is -0.372. The molecule has 3 unspecified atom stereocenters. The van der Waals surface area contributed by atoms with Crippen LogP contribution in [-0.4, -0.2) is 151 Å². The molecule has 2 aliphatic heterocycles. The van der Waals surface area contributed by atoms with Gasteiger partial charge in [-0.2, -0.15) is 0 Å². The van der Waals surface area contributed by atoms with Crippen LogP contribution in [0.25, 0.3) is 0 Å². The third kappa shape index (κ3) is 23.6. The van der Waals surface area contributed by atoms with Gasteiger partial charge in [0, 0.05) is 18.8 Å². The van der Waals surface area contributed by atoms with Crippen LogP contribution in [0.2, 0.25) is 0 Å². The Hall–Kier alpha value is -1.80. The number of carbonyl (C=O) groups is 2. The topological polar surface area (TPSA) is 265 Å². The van der Waals surface area contributed by atoms with E-state index < -0.39 is 105 Å². The Morgan fingerprint density at radius 3 is 1.68 bits per heavy atom. The van der Waals surface area contributed by atoms with Gasteiger partial charge in [-0.15, -0.1) is 0 Å². The first-order chi connectivity index (χ1) is 32.8. The zero-order chi connectivity index (χ0) is 50.2. The fourth-order valence-electron chi connectivity index (χ4n) is 9.24. The van der Waals surface area contributed by atoms with Crippen LogP contribution in [-0.2, 0) is 28.5 Å². The summed E-state index contributed by atoms with van der Waals surface area (Å²) in [7, 11) is 0. The standard InChI is InChI=1S/C52H97NO15/c1-4-6-8-10-12-14-16-18-19-21-23-25-27-29-31-33-44(59)53-39(40(56)32-30-28-26-24-22-20-17-15-13-11-9-7-5-2)37-65-50-47(62)46(61)49(43(36-55)66-50)68-52(51(63)64)34-41(57)38(3)48(67-52)45(60)42(58)35-54/h30,32,38-43,45-50,54-58,60-62H,4-29,31,33-37H2,1-3H3,(H,53,59)(H,63,64)/b32-30+/t38-,39-,40+,41?,42+,43+,45+,46?,47?,48+,49+,50-,52-/m0/s1. The highest BCUT2D eigenvalue weighted by Crippen LogP contribution is 2.39. The van der Waals surface area contributed by atoms with Crippen LogP contribution in [0.1, 0.15) is 207 Å². The number of ether oxygens (including phenoxy) is 4. The fraction of sp³-hybridized carbons (Fsp3) is 0.923. The van der Waals surface area contributed by atoms with Crippen LogP contribution in [0.5, 0.6) is 0 Å². The van der Waals surface area contributed by atoms with Crippen molar-refractivity contribution in [1.29, 1.82) is 0 Å². The van der Waals surface area contributed by atoms with E-state index in [1.165, 1.54) is 129 Å². The molecule has 0 saturated carbocycles. The molecule has 13 atom stereocenters. The molecule has 0 bridgehead atoms. The molecular formula is C52H97NO15. The molecular weight excluding hydrogens is 879 g/mol. The van der Waals surface area contributed by atoms with E-state index >= 15 is 0 Å². The number of carbonyl (C=O) groups excluding carboxylic acids is 1. The van der Waals surface area contributed by atoms with Gasteiger partial charge in [-0.3, -0.25) is 4.79 Å². The Labute approximate surface area is 408 Å². The van der Waals surface area contributed by atoms with Crippen molar-refractivity contribution in [2.45, 2.75) is 280 Å². The number of hydrogen-bond acceptors (Lipinski definition) is 14. The number of rotatable bonds is 41. The number of hydrogen-bond donors (Lipinski definition) is 10. The highest BCUT2D eigenvalue weighted by molar-refractivity contribution is 5.76. The van der Waals surface area contributed by atoms with E-state index in [-0.39, 0.29) is 18.9 Å². The van der Waals surface area contributed by atoms with Gasteiger partial charge in [0.25, 0.3) is 5.79 Å². The van der Waals surface area contributed by atoms with Crippen molar-refractivity contribution in [3.63, 3.8) is 0 Å². The van der Waals surface area contributed by atoms with E-state index in [0.29, 0.717) is 6.42 Å². The summed E-state index contributed by atoms with van der Waals surface area (Å²) >= 11 is 0. The lowest BCUT2D eigenvalue weighted by atomic mass is 9.84. The molecule has 0 radical (unpaired) electrons. The van der Waals surface area contributed by atoms with Crippen molar-refractivity contribution >= 4 is 11.9 Å². The molecule has 400 valence electrons. The number of aliphatic hydroxyl groups excluding tert-OH is 8. The van der Waals surface area contributed by atoms with E-state index in [9.17, 15) is 55.5 Å². The van der Waals surface area contributed by atoms with E-state index in [1.807, 2.05) is 6.08 Å². The zero-order valence-electron chi connectivity index (χ0n) is 42.2. The van der Waals surface area contributed by atoms with E-state index in [4.69, 9.17) is 18.9 Å². The van der Waals surface area contributed by atoms with Gasteiger partial charge >= 0.3 is 5.97 Å². The molecule has 0 spiro atoms. The van der Waals surface area contributed by atoms with E-state index in [1.54, 1.807) is 6.08 Å². The molecule has 0 aromatic rings. The Kier molecular flexibility index (Phi) is 33.9. The molecule has 0 aliphatic carbocycles. The summed E-state index contributed by atoms with van der Waals surface area (Å²) in [5.41, 5.74) is 0. The van der Waals surface area contributed by atoms with Gasteiger partial charge < -0.3 is 70.2 Å². The molecule has 68 heavy (non-hydrogen) atoms. The van der Waals surface area contributed by atoms with Crippen molar-refractivity contribution in [3.8, 4) is 0 Å². The molecule has 16 heteroatoms. The average Bonchev–Trinajstić information content (AvgIpc) is 3.32. The lowest BCUT2D eigenvalue weighted by Gasteiger charge is -2.49. The van der Waals surface area contributed by atoms with Crippen LogP contribution >= 0.6 is 0 Å². The van der Waals surface area contributed by atoms with Gasteiger partial charge in [0.15, 0.2) is 6.29 Å². The highest BCUT2D eigenvalue weighted by Gasteiger charge is 2.58. The smallest absolute Gasteiger partial charge is 0.364 e. The van der Waals surface area contributed by atoms with Crippen molar-refractivity contribution in [1.82, 2.24) is 5.32 Å². The molecule has 2 aliphatic rings. The van der Waals surface area contributed by atoms with Gasteiger partial charge in [-0.1, -0.05) is 187 Å². The molecule has 2 fully saturated rings. The number of aliphatic carboxylic acids is 1. The monoisotopic (exact) mass is 976 g/mol. The minimum Gasteiger partial charge on any atom is -0.477 e. The number of amides is 1. The maximum absolute atomic E-state index is 13.2. The second kappa shape index (κ2) is 37.0. The first-order valence-electron chi connectivity index (χ1n) is 26.9. The maximum Gasteiger partial charge on any atom is 0.364 e. The second-order valence-electron chi connectivity index (χ2n) is 19.8. The second-order valence-corrected chi connectivity index (χ2v) is 19.8. The number of allylic oxidation sites excluding steroid dienone is 1. The normalized spacial score (nSPS) is 27.3. The Morgan fingerprint density at radius 1 is 0.721 bits per heavy atom. The van der Waals surface area contributed by atoms with Crippen molar-refractivity contribution < 1.29 is 74.5 Å². The van der Waals surface area contributed by atoms with Crippen LogP contribution in [0.15, 0.2) is 12.2 Å². The summed E-state index contributed by atoms with van der Waals surface area (Å²) in [6.07, 6.45) is 18.6. The number of carboxylic acid groups (broad SMARTS) is 1. The first-order valence-corrected chi connectivity index (χ1v) is 26.9. The average molecular weight is 976 g/mol.